The molecule has 1 saturated heterocycles. The van der Waals surface area contributed by atoms with Gasteiger partial charge < -0.3 is 24.7 Å². The number of hydrogen-bond acceptors (Lipinski definition) is 9. The van der Waals surface area contributed by atoms with Crippen LogP contribution in [0.3, 0.4) is 0 Å². The first kappa shape index (κ1) is 28.9. The maximum Gasteiger partial charge on any atom is 0.262 e. The third-order valence-electron chi connectivity index (χ3n) is 8.25. The second-order valence-corrected chi connectivity index (χ2v) is 12.3. The van der Waals surface area contributed by atoms with Gasteiger partial charge in [0.15, 0.2) is 22.9 Å². The van der Waals surface area contributed by atoms with E-state index in [1.807, 2.05) is 23.0 Å². The summed E-state index contributed by atoms with van der Waals surface area (Å²) in [5, 5.41) is 24.1. The summed E-state index contributed by atoms with van der Waals surface area (Å²) >= 11 is 1.59. The lowest BCUT2D eigenvalue weighted by molar-refractivity contribution is 0.276. The van der Waals surface area contributed by atoms with Gasteiger partial charge in [-0.05, 0) is 57.8 Å². The highest BCUT2D eigenvalue weighted by Crippen LogP contribution is 2.44. The molecule has 11 nitrogen and oxygen atoms in total. The number of aromatic amines is 2. The van der Waals surface area contributed by atoms with Crippen molar-refractivity contribution in [3.8, 4) is 28.9 Å². The number of hydrogen-bond donors (Lipinski definition) is 3. The Balaban J connectivity index is 1.44. The Labute approximate surface area is 253 Å². The molecule has 0 saturated carbocycles. The van der Waals surface area contributed by atoms with E-state index in [2.05, 4.69) is 57.4 Å². The second kappa shape index (κ2) is 12.6. The SMILES string of the molecule is CCCCc1c(-c2nc3c(cnn3CC3CCCN3C)c(=O)[nH]2)noc1-c1c(CCC)sc(NCc2ccc[nH]2)c1C#N. The van der Waals surface area contributed by atoms with Crippen LogP contribution in [0.5, 0.6) is 0 Å². The van der Waals surface area contributed by atoms with E-state index in [1.54, 1.807) is 17.5 Å². The van der Waals surface area contributed by atoms with Gasteiger partial charge in [0.25, 0.3) is 5.56 Å². The van der Waals surface area contributed by atoms with Gasteiger partial charge in [-0.25, -0.2) is 9.67 Å². The number of aromatic nitrogens is 6. The zero-order valence-electron chi connectivity index (χ0n) is 24.9. The Morgan fingerprint density at radius 1 is 1.28 bits per heavy atom. The molecule has 43 heavy (non-hydrogen) atoms. The van der Waals surface area contributed by atoms with Crippen LogP contribution in [-0.4, -0.2) is 54.4 Å². The highest BCUT2D eigenvalue weighted by Gasteiger charge is 2.29. The number of aryl methyl sites for hydroxylation is 1. The van der Waals surface area contributed by atoms with Crippen LogP contribution in [0.2, 0.25) is 0 Å². The molecule has 6 heterocycles. The molecular weight excluding hydrogens is 562 g/mol. The van der Waals surface area contributed by atoms with Crippen LogP contribution in [0.15, 0.2) is 33.8 Å². The lowest BCUT2D eigenvalue weighted by Gasteiger charge is -2.19. The summed E-state index contributed by atoms with van der Waals surface area (Å²) in [5.74, 6) is 0.937. The fourth-order valence-electron chi connectivity index (χ4n) is 5.90. The van der Waals surface area contributed by atoms with E-state index in [0.717, 1.165) is 71.8 Å². The molecule has 3 N–H and O–H groups in total. The van der Waals surface area contributed by atoms with Crippen molar-refractivity contribution >= 4 is 27.4 Å². The molecule has 1 unspecified atom stereocenters. The summed E-state index contributed by atoms with van der Waals surface area (Å²) in [4.78, 5) is 27.7. The number of likely N-dealkylation sites (N-methyl/N-ethyl adjacent to an activating group) is 1. The summed E-state index contributed by atoms with van der Waals surface area (Å²) in [6, 6.07) is 6.76. The van der Waals surface area contributed by atoms with E-state index in [4.69, 9.17) is 9.51 Å². The first-order valence-corrected chi connectivity index (χ1v) is 15.9. The first-order chi connectivity index (χ1) is 21.0. The van der Waals surface area contributed by atoms with Crippen LogP contribution in [-0.2, 0) is 25.9 Å². The lowest BCUT2D eigenvalue weighted by atomic mass is 9.98. The van der Waals surface area contributed by atoms with Gasteiger partial charge in [-0.1, -0.05) is 31.8 Å². The normalized spacial score (nSPS) is 15.4. The summed E-state index contributed by atoms with van der Waals surface area (Å²) < 4.78 is 7.93. The summed E-state index contributed by atoms with van der Waals surface area (Å²) in [5.41, 5.74) is 4.02. The van der Waals surface area contributed by atoms with Gasteiger partial charge in [-0.15, -0.1) is 11.3 Å². The Morgan fingerprint density at radius 3 is 2.88 bits per heavy atom. The molecule has 12 heteroatoms. The van der Waals surface area contributed by atoms with Gasteiger partial charge in [0.05, 0.1) is 30.4 Å². The molecule has 0 amide bonds. The Morgan fingerprint density at radius 2 is 2.16 bits per heavy atom. The molecule has 0 bridgehead atoms. The number of anilines is 1. The van der Waals surface area contributed by atoms with Gasteiger partial charge in [-0.3, -0.25) is 4.79 Å². The largest absolute Gasteiger partial charge is 0.370 e. The highest BCUT2D eigenvalue weighted by atomic mass is 32.1. The van der Waals surface area contributed by atoms with E-state index < -0.39 is 0 Å². The number of thiophene rings is 1. The summed E-state index contributed by atoms with van der Waals surface area (Å²) in [6.45, 7) is 6.56. The second-order valence-electron chi connectivity index (χ2n) is 11.2. The monoisotopic (exact) mass is 599 g/mol. The van der Waals surface area contributed by atoms with E-state index in [0.29, 0.717) is 59.4 Å². The number of nitrogens with zero attached hydrogens (tertiary/aromatic N) is 6. The van der Waals surface area contributed by atoms with Crippen molar-refractivity contribution in [1.82, 2.24) is 34.8 Å². The van der Waals surface area contributed by atoms with Gasteiger partial charge in [0, 0.05) is 28.4 Å². The number of H-pyrrole nitrogens is 2. The standard InChI is InChI=1S/C31H37N9O2S/c1-4-6-12-21-26(28-36-29-23(30(41)37-28)17-35-40(29)18-20-11-8-14-39(20)3)38-42-27(21)25-22(15-32)31(43-24(25)9-5-2)34-16-19-10-7-13-33-19/h7,10,13,17,20,33-34H,4-6,8-9,11-12,14,16,18H2,1-3H3,(H,36,37,41). The minimum atomic E-state index is -0.257. The number of likely N-dealkylation sites (tertiary alicyclic amines) is 1. The average molecular weight is 600 g/mol. The van der Waals surface area contributed by atoms with Crippen LogP contribution in [0.4, 0.5) is 5.00 Å². The molecule has 1 atom stereocenters. The first-order valence-electron chi connectivity index (χ1n) is 15.1. The average Bonchev–Trinajstić information content (AvgIpc) is 3.83. The number of rotatable bonds is 12. The molecule has 0 aromatic carbocycles. The fraction of sp³-hybridized carbons (Fsp3) is 0.452. The zero-order chi connectivity index (χ0) is 29.9. The van der Waals surface area contributed by atoms with Crippen molar-refractivity contribution in [2.45, 2.75) is 77.9 Å². The molecule has 5 aromatic rings. The predicted molar refractivity (Wildman–Crippen MR) is 168 cm³/mol. The van der Waals surface area contributed by atoms with Gasteiger partial charge >= 0.3 is 0 Å². The molecular formula is C31H37N9O2S. The number of fused-ring (bicyclic) bond motifs is 1. The van der Waals surface area contributed by atoms with Crippen LogP contribution in [0.1, 0.15) is 67.6 Å². The summed E-state index contributed by atoms with van der Waals surface area (Å²) in [7, 11) is 2.12. The molecule has 1 aliphatic rings. The quantitative estimate of drug-likeness (QED) is 0.166. The van der Waals surface area contributed by atoms with E-state index >= 15 is 0 Å². The smallest absolute Gasteiger partial charge is 0.262 e. The van der Waals surface area contributed by atoms with Crippen LogP contribution in [0, 0.1) is 11.3 Å². The minimum Gasteiger partial charge on any atom is -0.370 e. The molecule has 1 aliphatic heterocycles. The van der Waals surface area contributed by atoms with Crippen LogP contribution in [0.25, 0.3) is 33.9 Å². The number of unbranched alkanes of at least 4 members (excludes halogenated alkanes) is 1. The summed E-state index contributed by atoms with van der Waals surface area (Å²) in [6.07, 6.45) is 9.98. The van der Waals surface area contributed by atoms with Crippen molar-refractivity contribution in [3.63, 3.8) is 0 Å². The van der Waals surface area contributed by atoms with Gasteiger partial charge in [0.1, 0.15) is 16.5 Å². The Hall–Kier alpha value is -4.21. The van der Waals surface area contributed by atoms with Crippen molar-refractivity contribution in [2.75, 3.05) is 18.9 Å². The van der Waals surface area contributed by atoms with Crippen molar-refractivity contribution < 1.29 is 4.52 Å². The number of nitriles is 1. The van der Waals surface area contributed by atoms with Gasteiger partial charge in [0.2, 0.25) is 0 Å². The molecule has 5 aromatic heterocycles. The molecule has 0 aliphatic carbocycles. The predicted octanol–water partition coefficient (Wildman–Crippen LogP) is 5.70. The van der Waals surface area contributed by atoms with Crippen molar-refractivity contribution in [2.24, 2.45) is 0 Å². The maximum absolute atomic E-state index is 13.2. The van der Waals surface area contributed by atoms with Gasteiger partial charge in [-0.2, -0.15) is 10.4 Å². The lowest BCUT2D eigenvalue weighted by Crippen LogP contribution is -2.29. The molecule has 6 rings (SSSR count). The minimum absolute atomic E-state index is 0.257. The molecule has 1 fully saturated rings. The fourth-order valence-corrected chi connectivity index (χ4v) is 7.15. The maximum atomic E-state index is 13.2. The van der Waals surface area contributed by atoms with Crippen molar-refractivity contribution in [1.29, 1.82) is 5.26 Å². The topological polar surface area (TPSA) is 144 Å². The zero-order valence-corrected chi connectivity index (χ0v) is 25.7. The van der Waals surface area contributed by atoms with Crippen LogP contribution >= 0.6 is 11.3 Å². The third kappa shape index (κ3) is 5.62. The molecule has 224 valence electrons. The van der Waals surface area contributed by atoms with E-state index in [9.17, 15) is 10.1 Å². The Kier molecular flexibility index (Phi) is 8.44. The number of nitrogens with one attached hydrogen (secondary N) is 3. The Bertz CT molecular complexity index is 1800. The van der Waals surface area contributed by atoms with E-state index in [-0.39, 0.29) is 5.56 Å². The molecule has 0 spiro atoms. The van der Waals surface area contributed by atoms with Crippen LogP contribution < -0.4 is 10.9 Å². The highest BCUT2D eigenvalue weighted by molar-refractivity contribution is 7.17. The van der Waals surface area contributed by atoms with E-state index in [1.165, 1.54) is 0 Å². The van der Waals surface area contributed by atoms with Crippen molar-refractivity contribution in [3.05, 3.63) is 56.6 Å². The molecule has 0 radical (unpaired) electrons. The third-order valence-corrected chi connectivity index (χ3v) is 9.46.